The highest BCUT2D eigenvalue weighted by Gasteiger charge is 2.30. The van der Waals surface area contributed by atoms with E-state index in [4.69, 9.17) is 19.2 Å². The van der Waals surface area contributed by atoms with Gasteiger partial charge in [0, 0.05) is 42.9 Å². The summed E-state index contributed by atoms with van der Waals surface area (Å²) in [6.07, 6.45) is 8.06. The highest BCUT2D eigenvalue weighted by atomic mass is 127. The Morgan fingerprint density at radius 1 is 1.17 bits per heavy atom. The first-order valence-corrected chi connectivity index (χ1v) is 11.3. The predicted octanol–water partition coefficient (Wildman–Crippen LogP) is 5.32. The van der Waals surface area contributed by atoms with Crippen LogP contribution in [0.2, 0.25) is 0 Å². The fourth-order valence-electron chi connectivity index (χ4n) is 4.54. The smallest absolute Gasteiger partial charge is 0.141 e. The Kier molecular flexibility index (Phi) is 5.32. The van der Waals surface area contributed by atoms with Crippen molar-refractivity contribution in [1.82, 2.24) is 19.7 Å². The first-order chi connectivity index (χ1) is 14.6. The molecule has 1 saturated heterocycles. The molecule has 7 heteroatoms. The van der Waals surface area contributed by atoms with Crippen LogP contribution in [0.15, 0.2) is 47.4 Å². The minimum Gasteiger partial charge on any atom is -0.381 e. The van der Waals surface area contributed by atoms with Crippen molar-refractivity contribution >= 4 is 33.6 Å². The first kappa shape index (κ1) is 19.7. The van der Waals surface area contributed by atoms with Crippen LogP contribution in [0.4, 0.5) is 0 Å². The van der Waals surface area contributed by atoms with Gasteiger partial charge in [0.2, 0.25) is 0 Å². The zero-order valence-electron chi connectivity index (χ0n) is 17.0. The van der Waals surface area contributed by atoms with E-state index in [0.717, 1.165) is 68.9 Å². The molecule has 0 radical (unpaired) electrons. The van der Waals surface area contributed by atoms with Crippen LogP contribution < -0.4 is 0 Å². The van der Waals surface area contributed by atoms with E-state index in [-0.39, 0.29) is 6.04 Å². The molecule has 0 aromatic carbocycles. The van der Waals surface area contributed by atoms with Crippen LogP contribution >= 0.6 is 22.6 Å². The van der Waals surface area contributed by atoms with Gasteiger partial charge >= 0.3 is 0 Å². The SMILES string of the molecule is Cc1noc(C)c1-c1cnc2c(I)cn(C(c3ccccn3)C3CCOCC3)c2c1. The monoisotopic (exact) mass is 514 g/mol. The average Bonchev–Trinajstić information content (AvgIpc) is 3.28. The Hall–Kier alpha value is -2.26. The van der Waals surface area contributed by atoms with Crippen LogP contribution in [0.25, 0.3) is 22.2 Å². The number of rotatable bonds is 4. The Morgan fingerprint density at radius 2 is 2.00 bits per heavy atom. The lowest BCUT2D eigenvalue weighted by molar-refractivity contribution is 0.0543. The van der Waals surface area contributed by atoms with Crippen LogP contribution in [-0.2, 0) is 4.74 Å². The van der Waals surface area contributed by atoms with Crippen molar-refractivity contribution < 1.29 is 9.26 Å². The second-order valence-electron chi connectivity index (χ2n) is 7.82. The zero-order valence-corrected chi connectivity index (χ0v) is 19.2. The molecule has 154 valence electrons. The molecule has 4 aromatic heterocycles. The summed E-state index contributed by atoms with van der Waals surface area (Å²) in [7, 11) is 0. The van der Waals surface area contributed by atoms with E-state index in [1.54, 1.807) is 0 Å². The number of fused-ring (bicyclic) bond motifs is 1. The summed E-state index contributed by atoms with van der Waals surface area (Å²) in [6, 6.07) is 8.53. The lowest BCUT2D eigenvalue weighted by Gasteiger charge is -2.31. The van der Waals surface area contributed by atoms with Crippen LogP contribution in [0.1, 0.15) is 36.0 Å². The molecular weight excluding hydrogens is 491 g/mol. The van der Waals surface area contributed by atoms with Gasteiger partial charge in [0.15, 0.2) is 0 Å². The van der Waals surface area contributed by atoms with E-state index in [0.29, 0.717) is 5.92 Å². The normalized spacial score (nSPS) is 16.2. The third kappa shape index (κ3) is 3.43. The van der Waals surface area contributed by atoms with E-state index in [1.165, 1.54) is 0 Å². The molecule has 5 heterocycles. The number of hydrogen-bond acceptors (Lipinski definition) is 5. The standard InChI is InChI=1S/C23H23IN4O2/c1-14-21(15(2)30-27-14)17-11-20-22(26-12-17)18(24)13-28(20)23(16-6-9-29-10-7-16)19-5-3-4-8-25-19/h3-5,8,11-13,16,23H,6-7,9-10H2,1-2H3. The van der Waals surface area contributed by atoms with Crippen molar-refractivity contribution in [3.8, 4) is 11.1 Å². The van der Waals surface area contributed by atoms with Gasteiger partial charge in [-0.2, -0.15) is 0 Å². The Balaban J connectivity index is 1.70. The predicted molar refractivity (Wildman–Crippen MR) is 123 cm³/mol. The molecule has 0 N–H and O–H groups in total. The number of nitrogens with zero attached hydrogens (tertiary/aromatic N) is 4. The van der Waals surface area contributed by atoms with E-state index >= 15 is 0 Å². The topological polar surface area (TPSA) is 66.0 Å². The highest BCUT2D eigenvalue weighted by molar-refractivity contribution is 14.1. The van der Waals surface area contributed by atoms with Crippen molar-refractivity contribution in [1.29, 1.82) is 0 Å². The maximum atomic E-state index is 5.65. The van der Waals surface area contributed by atoms with Crippen molar-refractivity contribution in [2.75, 3.05) is 13.2 Å². The lowest BCUT2D eigenvalue weighted by atomic mass is 9.89. The molecule has 4 aromatic rings. The number of ether oxygens (including phenoxy) is 1. The van der Waals surface area contributed by atoms with E-state index < -0.39 is 0 Å². The molecule has 1 atom stereocenters. The molecule has 0 amide bonds. The summed E-state index contributed by atoms with van der Waals surface area (Å²) in [5.74, 6) is 1.27. The van der Waals surface area contributed by atoms with Crippen LogP contribution in [0.3, 0.4) is 0 Å². The molecule has 0 saturated carbocycles. The number of hydrogen-bond donors (Lipinski definition) is 0. The molecule has 0 bridgehead atoms. The number of aryl methyl sites for hydroxylation is 2. The van der Waals surface area contributed by atoms with E-state index in [9.17, 15) is 0 Å². The lowest BCUT2D eigenvalue weighted by Crippen LogP contribution is -2.27. The number of halogens is 1. The molecule has 0 spiro atoms. The van der Waals surface area contributed by atoms with Gasteiger partial charge < -0.3 is 13.8 Å². The van der Waals surface area contributed by atoms with Gasteiger partial charge in [-0.1, -0.05) is 11.2 Å². The minimum absolute atomic E-state index is 0.142. The number of pyridine rings is 2. The summed E-state index contributed by atoms with van der Waals surface area (Å²) in [6.45, 7) is 5.51. The molecule has 1 aliphatic rings. The van der Waals surface area contributed by atoms with E-state index in [2.05, 4.69) is 56.7 Å². The van der Waals surface area contributed by atoms with Gasteiger partial charge in [0.25, 0.3) is 0 Å². The Morgan fingerprint density at radius 3 is 2.70 bits per heavy atom. The van der Waals surface area contributed by atoms with E-state index in [1.807, 2.05) is 32.3 Å². The molecule has 0 aliphatic carbocycles. The first-order valence-electron chi connectivity index (χ1n) is 10.2. The molecule has 5 rings (SSSR count). The Labute approximate surface area is 188 Å². The highest BCUT2D eigenvalue weighted by Crippen LogP contribution is 2.38. The molecular formula is C23H23IN4O2. The second kappa shape index (κ2) is 8.11. The molecule has 6 nitrogen and oxygen atoms in total. The van der Waals surface area contributed by atoms with Gasteiger partial charge in [-0.05, 0) is 73.4 Å². The zero-order chi connectivity index (χ0) is 20.7. The van der Waals surface area contributed by atoms with Crippen LogP contribution in [0.5, 0.6) is 0 Å². The quantitative estimate of drug-likeness (QED) is 0.345. The third-order valence-corrected chi connectivity index (χ3v) is 6.74. The van der Waals surface area contributed by atoms with Crippen molar-refractivity contribution in [2.45, 2.75) is 32.7 Å². The van der Waals surface area contributed by atoms with Crippen LogP contribution in [0, 0.1) is 23.3 Å². The van der Waals surface area contributed by atoms with Crippen molar-refractivity contribution in [2.24, 2.45) is 5.92 Å². The molecule has 1 fully saturated rings. The van der Waals surface area contributed by atoms with Crippen molar-refractivity contribution in [3.63, 3.8) is 0 Å². The fourth-order valence-corrected chi connectivity index (χ4v) is 5.26. The molecule has 1 unspecified atom stereocenters. The third-order valence-electron chi connectivity index (χ3n) is 5.95. The Bertz CT molecular complexity index is 1160. The fraction of sp³-hybridized carbons (Fsp3) is 0.348. The summed E-state index contributed by atoms with van der Waals surface area (Å²) >= 11 is 2.38. The van der Waals surface area contributed by atoms with Gasteiger partial charge in [-0.3, -0.25) is 9.97 Å². The minimum atomic E-state index is 0.142. The van der Waals surface area contributed by atoms with Gasteiger partial charge in [0.05, 0.1) is 26.5 Å². The van der Waals surface area contributed by atoms with Gasteiger partial charge in [-0.15, -0.1) is 0 Å². The summed E-state index contributed by atoms with van der Waals surface area (Å²) < 4.78 is 14.6. The summed E-state index contributed by atoms with van der Waals surface area (Å²) in [4.78, 5) is 9.56. The van der Waals surface area contributed by atoms with Crippen LogP contribution in [-0.4, -0.2) is 32.9 Å². The molecule has 30 heavy (non-hydrogen) atoms. The average molecular weight is 514 g/mol. The maximum absolute atomic E-state index is 5.65. The van der Waals surface area contributed by atoms with Crippen molar-refractivity contribution in [3.05, 3.63) is 63.6 Å². The largest absolute Gasteiger partial charge is 0.381 e. The van der Waals surface area contributed by atoms with Gasteiger partial charge in [-0.25, -0.2) is 0 Å². The molecule has 1 aliphatic heterocycles. The maximum Gasteiger partial charge on any atom is 0.141 e. The summed E-state index contributed by atoms with van der Waals surface area (Å²) in [5, 5.41) is 4.12. The van der Waals surface area contributed by atoms with Gasteiger partial charge in [0.1, 0.15) is 11.3 Å². The second-order valence-corrected chi connectivity index (χ2v) is 8.99. The number of aromatic nitrogens is 4. The summed E-state index contributed by atoms with van der Waals surface area (Å²) in [5.41, 5.74) is 6.14.